The van der Waals surface area contributed by atoms with Gasteiger partial charge < -0.3 is 32.4 Å². The smallest absolute Gasteiger partial charge is 0.226 e. The molecule has 60 heavy (non-hydrogen) atoms. The van der Waals surface area contributed by atoms with E-state index in [0.717, 1.165) is 45.2 Å². The number of aryl methyl sites for hydroxylation is 3. The minimum absolute atomic E-state index is 0.364. The molecular weight excluding hydrogens is 769 g/mol. The van der Waals surface area contributed by atoms with Crippen LogP contribution in [0.25, 0.3) is 16.7 Å². The normalized spacial score (nSPS) is 10.1. The lowest BCUT2D eigenvalue weighted by atomic mass is 10.3. The highest BCUT2D eigenvalue weighted by molar-refractivity contribution is 5.76. The van der Waals surface area contributed by atoms with Gasteiger partial charge in [-0.1, -0.05) is 12.1 Å². The monoisotopic (exact) mass is 808 g/mol. The second-order valence-electron chi connectivity index (χ2n) is 12.1. The number of fused-ring (bicyclic) bond motifs is 1. The summed E-state index contributed by atoms with van der Waals surface area (Å²) in [7, 11) is 1.87. The SMILES string of the molecule is Cc1cc(Nc2ncn[nH]2)n(C)n1.Cc1cncc(Nc2ncn[nH]2)c1.Nc1nc2ccccc2[nH]1.Nc1nncn1-c1cccnc1.c1cncc(Nc2ncn[nH]2)c1. The maximum Gasteiger partial charge on any atom is 0.226 e. The van der Waals surface area contributed by atoms with Gasteiger partial charge in [0, 0.05) is 31.7 Å². The Morgan fingerprint density at radius 3 is 1.87 bits per heavy atom. The van der Waals surface area contributed by atoms with Crippen LogP contribution >= 0.6 is 0 Å². The average molecular weight is 809 g/mol. The molecule has 304 valence electrons. The zero-order valence-electron chi connectivity index (χ0n) is 32.4. The van der Waals surface area contributed by atoms with Gasteiger partial charge in [0.25, 0.3) is 0 Å². The number of hydrogen-bond acceptors (Lipinski definition) is 18. The Morgan fingerprint density at radius 2 is 1.32 bits per heavy atom. The van der Waals surface area contributed by atoms with Crippen molar-refractivity contribution < 1.29 is 0 Å². The molecule has 24 nitrogen and oxygen atoms in total. The highest BCUT2D eigenvalue weighted by Gasteiger charge is 2.03. The molecule has 9 heterocycles. The van der Waals surface area contributed by atoms with Crippen LogP contribution in [0.3, 0.4) is 0 Å². The van der Waals surface area contributed by atoms with E-state index in [2.05, 4.69) is 102 Å². The first-order valence-corrected chi connectivity index (χ1v) is 17.7. The number of benzene rings is 1. The third-order valence-electron chi connectivity index (χ3n) is 7.46. The molecule has 0 fully saturated rings. The van der Waals surface area contributed by atoms with Gasteiger partial charge in [0.15, 0.2) is 5.95 Å². The minimum Gasteiger partial charge on any atom is -0.369 e. The Balaban J connectivity index is 0.000000126. The van der Waals surface area contributed by atoms with Gasteiger partial charge in [-0.2, -0.15) is 35.3 Å². The first-order valence-electron chi connectivity index (χ1n) is 17.7. The Bertz CT molecular complexity index is 2650. The number of para-hydroxylation sites is 2. The van der Waals surface area contributed by atoms with Crippen molar-refractivity contribution in [3.63, 3.8) is 0 Å². The zero-order chi connectivity index (χ0) is 41.9. The van der Waals surface area contributed by atoms with Crippen LogP contribution in [-0.4, -0.2) is 95.0 Å². The molecule has 0 unspecified atom stereocenters. The Kier molecular flexibility index (Phi) is 14.0. The average Bonchev–Trinajstić information content (AvgIpc) is 4.12. The third kappa shape index (κ3) is 12.5. The Labute approximate surface area is 340 Å². The number of hydrogen-bond donors (Lipinski definition) is 9. The van der Waals surface area contributed by atoms with E-state index in [9.17, 15) is 0 Å². The quantitative estimate of drug-likeness (QED) is 0.109. The van der Waals surface area contributed by atoms with Gasteiger partial charge in [-0.05, 0) is 61.9 Å². The fraction of sp³-hybridized carbons (Fsp3) is 0.0833. The van der Waals surface area contributed by atoms with Gasteiger partial charge in [-0.15, -0.1) is 10.2 Å². The van der Waals surface area contributed by atoms with Crippen LogP contribution < -0.4 is 27.4 Å². The van der Waals surface area contributed by atoms with E-state index in [1.807, 2.05) is 81.6 Å². The van der Waals surface area contributed by atoms with Gasteiger partial charge in [0.05, 0.1) is 52.4 Å². The molecule has 9 aromatic heterocycles. The summed E-state index contributed by atoms with van der Waals surface area (Å²) in [4.78, 5) is 30.7. The van der Waals surface area contributed by atoms with Crippen LogP contribution in [0.1, 0.15) is 11.3 Å². The summed E-state index contributed by atoms with van der Waals surface area (Å²) in [6, 6.07) is 19.1. The third-order valence-corrected chi connectivity index (χ3v) is 7.46. The number of H-pyrrole nitrogens is 4. The van der Waals surface area contributed by atoms with Crippen molar-refractivity contribution in [2.75, 3.05) is 27.4 Å². The second kappa shape index (κ2) is 20.7. The van der Waals surface area contributed by atoms with Crippen LogP contribution in [0.15, 0.2) is 123 Å². The maximum absolute atomic E-state index is 5.53. The summed E-state index contributed by atoms with van der Waals surface area (Å²) in [6.07, 6.45) is 16.2. The van der Waals surface area contributed by atoms with Gasteiger partial charge in [-0.25, -0.2) is 20.3 Å². The number of imidazole rings is 1. The van der Waals surface area contributed by atoms with Crippen molar-refractivity contribution in [1.29, 1.82) is 0 Å². The molecule has 10 rings (SSSR count). The van der Waals surface area contributed by atoms with E-state index in [1.54, 1.807) is 52.8 Å². The molecule has 0 atom stereocenters. The molecule has 24 heteroatoms. The second-order valence-corrected chi connectivity index (χ2v) is 12.1. The van der Waals surface area contributed by atoms with E-state index >= 15 is 0 Å². The highest BCUT2D eigenvalue weighted by Crippen LogP contribution is 2.14. The molecule has 10 aromatic rings. The van der Waals surface area contributed by atoms with Crippen molar-refractivity contribution in [1.82, 2.24) is 95.0 Å². The molecule has 0 aliphatic carbocycles. The number of aromatic amines is 4. The van der Waals surface area contributed by atoms with Crippen LogP contribution in [-0.2, 0) is 7.05 Å². The Morgan fingerprint density at radius 1 is 0.667 bits per heavy atom. The van der Waals surface area contributed by atoms with Gasteiger partial charge in [-0.3, -0.25) is 24.2 Å². The topological polar surface area (TPSA) is 329 Å². The molecule has 0 saturated carbocycles. The highest BCUT2D eigenvalue weighted by atomic mass is 15.4. The van der Waals surface area contributed by atoms with E-state index in [0.29, 0.717) is 29.7 Å². The molecule has 0 spiro atoms. The van der Waals surface area contributed by atoms with Crippen molar-refractivity contribution in [2.24, 2.45) is 7.05 Å². The van der Waals surface area contributed by atoms with Crippen LogP contribution in [0.2, 0.25) is 0 Å². The molecule has 0 saturated heterocycles. The lowest BCUT2D eigenvalue weighted by Crippen LogP contribution is -2.00. The first kappa shape index (κ1) is 40.6. The van der Waals surface area contributed by atoms with Crippen LogP contribution in [0.4, 0.5) is 46.9 Å². The molecule has 0 aliphatic rings. The summed E-state index contributed by atoms with van der Waals surface area (Å²) in [6.45, 7) is 3.92. The van der Waals surface area contributed by atoms with E-state index in [1.165, 1.54) is 19.0 Å². The van der Waals surface area contributed by atoms with Crippen molar-refractivity contribution in [3.8, 4) is 5.69 Å². The molecule has 1 aromatic carbocycles. The van der Waals surface area contributed by atoms with E-state index < -0.39 is 0 Å². The molecule has 0 bridgehead atoms. The number of aromatic nitrogens is 19. The predicted molar refractivity (Wildman–Crippen MR) is 224 cm³/mol. The number of nitrogen functional groups attached to an aromatic ring is 2. The fourth-order valence-electron chi connectivity index (χ4n) is 4.89. The summed E-state index contributed by atoms with van der Waals surface area (Å²) in [5.41, 5.74) is 17.6. The number of nitrogens with one attached hydrogen (secondary N) is 7. The van der Waals surface area contributed by atoms with Crippen LogP contribution in [0, 0.1) is 13.8 Å². The van der Waals surface area contributed by atoms with Gasteiger partial charge in [0.2, 0.25) is 23.8 Å². The lowest BCUT2D eigenvalue weighted by Gasteiger charge is -2.01. The van der Waals surface area contributed by atoms with E-state index in [-0.39, 0.29) is 0 Å². The van der Waals surface area contributed by atoms with Gasteiger partial charge >= 0.3 is 0 Å². The summed E-state index contributed by atoms with van der Waals surface area (Å²) >= 11 is 0. The Hall–Kier alpha value is -9.09. The lowest BCUT2D eigenvalue weighted by molar-refractivity contribution is 0.763. The molecule has 0 radical (unpaired) electrons. The molecule has 0 amide bonds. The summed E-state index contributed by atoms with van der Waals surface area (Å²) in [5, 5.41) is 39.8. The van der Waals surface area contributed by atoms with Crippen molar-refractivity contribution >= 4 is 58.0 Å². The number of nitrogens with zero attached hydrogens (tertiary/aromatic N) is 15. The minimum atomic E-state index is 0.364. The summed E-state index contributed by atoms with van der Waals surface area (Å²) in [5.74, 6) is 3.57. The maximum atomic E-state index is 5.53. The van der Waals surface area contributed by atoms with Crippen molar-refractivity contribution in [3.05, 3.63) is 134 Å². The largest absolute Gasteiger partial charge is 0.369 e. The number of pyridine rings is 3. The number of anilines is 8. The van der Waals surface area contributed by atoms with Crippen molar-refractivity contribution in [2.45, 2.75) is 13.8 Å². The molecular formula is C36H40N24. The fourth-order valence-corrected chi connectivity index (χ4v) is 4.89. The van der Waals surface area contributed by atoms with E-state index in [4.69, 9.17) is 11.5 Å². The van der Waals surface area contributed by atoms with Gasteiger partial charge in [0.1, 0.15) is 31.1 Å². The predicted octanol–water partition coefficient (Wildman–Crippen LogP) is 4.17. The zero-order valence-corrected chi connectivity index (χ0v) is 32.4. The molecule has 0 aliphatic heterocycles. The molecule has 11 N–H and O–H groups in total. The summed E-state index contributed by atoms with van der Waals surface area (Å²) < 4.78 is 3.41. The first-order chi connectivity index (χ1) is 29.3. The number of nitrogens with two attached hydrogens (primary N) is 2. The van der Waals surface area contributed by atoms with Crippen LogP contribution in [0.5, 0.6) is 0 Å². The number of rotatable bonds is 7. The standard InChI is InChI=1S/C8H9N5.C7H10N6.2C7H7N5.C7H7N3/c1-6-2-7(4-9-3-6)12-8-10-5-11-13-8;1-5-3-6(13(2)12-5)10-7-8-4-9-11-7;8-7-11-10-5-12(7)6-2-1-3-9-4-6;1-2-6(4-8-3-1)11-7-9-5-10-12-7;8-7-9-5-3-1-2-4-6(5)10-7/h2-5H,1H3,(H2,10,11,12,13);3-4H,1-2H3,(H2,8,9,10,11);1-5H,(H2,8,11);1-5H,(H2,9,10,11,12);1-4H,(H3,8,9,10).